The van der Waals surface area contributed by atoms with Crippen molar-refractivity contribution in [3.63, 3.8) is 0 Å². The number of hydrogen-bond donors (Lipinski definition) is 1. The number of piperazine rings is 1. The molecule has 4 heterocycles. The minimum absolute atomic E-state index is 0.183. The molecule has 0 radical (unpaired) electrons. The number of methoxy groups -OCH3 is 1. The van der Waals surface area contributed by atoms with E-state index in [1.54, 1.807) is 24.3 Å². The molecule has 1 N–H and O–H groups in total. The van der Waals surface area contributed by atoms with Gasteiger partial charge in [-0.25, -0.2) is 8.42 Å². The highest BCUT2D eigenvalue weighted by molar-refractivity contribution is 7.90. The summed E-state index contributed by atoms with van der Waals surface area (Å²) in [4.78, 5) is 60.9. The maximum atomic E-state index is 14.3. The maximum Gasteiger partial charge on any atom is 0.264 e. The summed E-state index contributed by atoms with van der Waals surface area (Å²) in [5, 5.41) is 2.47. The summed E-state index contributed by atoms with van der Waals surface area (Å²) in [6, 6.07) is 19.0. The van der Waals surface area contributed by atoms with Gasteiger partial charge in [-0.15, -0.1) is 0 Å². The van der Waals surface area contributed by atoms with Gasteiger partial charge in [-0.1, -0.05) is 36.4 Å². The number of amides is 4. The molecule has 0 aromatic heterocycles. The van der Waals surface area contributed by atoms with E-state index in [1.807, 2.05) is 19.1 Å². The van der Waals surface area contributed by atoms with Gasteiger partial charge < -0.3 is 19.3 Å². The van der Waals surface area contributed by atoms with Crippen molar-refractivity contribution in [1.82, 2.24) is 20.0 Å². The Labute approximate surface area is 353 Å². The Bertz CT molecular complexity index is 2210. The molecule has 0 spiro atoms. The number of sulfone groups is 1. The van der Waals surface area contributed by atoms with Crippen molar-refractivity contribution < 1.29 is 37.1 Å². The van der Waals surface area contributed by atoms with E-state index in [2.05, 4.69) is 44.3 Å². The summed E-state index contributed by atoms with van der Waals surface area (Å²) in [5.41, 5.74) is 4.15. The second-order valence-corrected chi connectivity index (χ2v) is 19.3. The predicted molar refractivity (Wildman–Crippen MR) is 229 cm³/mol. The van der Waals surface area contributed by atoms with Crippen molar-refractivity contribution in [2.24, 2.45) is 0 Å². The van der Waals surface area contributed by atoms with Crippen LogP contribution in [0.25, 0.3) is 0 Å². The average Bonchev–Trinajstić information content (AvgIpc) is 3.51. The zero-order valence-electron chi connectivity index (χ0n) is 34.9. The van der Waals surface area contributed by atoms with Crippen molar-refractivity contribution in [2.75, 3.05) is 69.9 Å². The van der Waals surface area contributed by atoms with Gasteiger partial charge in [0, 0.05) is 50.9 Å². The lowest BCUT2D eigenvalue weighted by Crippen LogP contribution is -2.54. The van der Waals surface area contributed by atoms with Crippen molar-refractivity contribution >= 4 is 39.2 Å². The molecule has 2 atom stereocenters. The van der Waals surface area contributed by atoms with Crippen LogP contribution in [0.5, 0.6) is 11.5 Å². The lowest BCUT2D eigenvalue weighted by molar-refractivity contribution is -0.134. The molecule has 1 saturated carbocycles. The summed E-state index contributed by atoms with van der Waals surface area (Å²) in [6.45, 7) is 7.53. The second kappa shape index (κ2) is 17.7. The van der Waals surface area contributed by atoms with E-state index in [1.165, 1.54) is 25.5 Å². The number of nitrogens with one attached hydrogen (secondary N) is 1. The largest absolute Gasteiger partial charge is 0.493 e. The highest BCUT2D eigenvalue weighted by atomic mass is 32.2. The molecule has 14 heteroatoms. The fourth-order valence-electron chi connectivity index (χ4n) is 10.3. The molecule has 4 amide bonds. The van der Waals surface area contributed by atoms with Gasteiger partial charge in [0.1, 0.15) is 9.84 Å². The van der Waals surface area contributed by atoms with Crippen LogP contribution in [0, 0.1) is 0 Å². The van der Waals surface area contributed by atoms with Crippen LogP contribution in [0.15, 0.2) is 60.7 Å². The molecule has 13 nitrogen and oxygen atoms in total. The van der Waals surface area contributed by atoms with Crippen LogP contribution in [0.3, 0.4) is 0 Å². The zero-order valence-corrected chi connectivity index (χ0v) is 35.8. The number of imide groups is 2. The Morgan fingerprint density at radius 2 is 1.42 bits per heavy atom. The van der Waals surface area contributed by atoms with Crippen molar-refractivity contribution in [3.05, 3.63) is 88.5 Å². The third-order valence-electron chi connectivity index (χ3n) is 13.5. The van der Waals surface area contributed by atoms with Crippen LogP contribution in [-0.2, 0) is 19.4 Å². The average molecular weight is 840 g/mol. The third kappa shape index (κ3) is 8.69. The zero-order chi connectivity index (χ0) is 42.1. The van der Waals surface area contributed by atoms with Gasteiger partial charge in [0.05, 0.1) is 48.2 Å². The molecule has 4 aliphatic heterocycles. The Kier molecular flexibility index (Phi) is 12.3. The first-order valence-corrected chi connectivity index (χ1v) is 23.6. The Morgan fingerprint density at radius 3 is 2.07 bits per heavy atom. The normalized spacial score (nSPS) is 24.0. The standard InChI is InChI=1S/C46H57N5O8S/c1-4-59-41-28-33(14-18-40(41)58-2)39(29-60(3,56)57)51-45(54)37-6-5-7-38(43(37)46(51)55)50-26-24-49(25-27-50)35-20-22-48(23-21-35)34-15-12-31(13-16-34)30-8-10-32(11-9-30)36-17-19-42(52)47-44(36)53/h5-11,14,18,28,31,34-36,39H,4,12-13,15-17,19-27,29H2,1-3H3,(H,47,52,53)/t31?,34?,36?,39-/m1/s1. The first-order chi connectivity index (χ1) is 28.9. The highest BCUT2D eigenvalue weighted by Crippen LogP contribution is 2.41. The molecular weight excluding hydrogens is 783 g/mol. The van der Waals surface area contributed by atoms with Crippen LogP contribution in [-0.4, -0.2) is 124 Å². The molecule has 4 fully saturated rings. The number of carbonyl (C=O) groups is 4. The van der Waals surface area contributed by atoms with Crippen LogP contribution in [0.2, 0.25) is 0 Å². The van der Waals surface area contributed by atoms with E-state index in [0.717, 1.165) is 81.7 Å². The smallest absolute Gasteiger partial charge is 0.264 e. The number of hydrogen-bond acceptors (Lipinski definition) is 11. The first-order valence-electron chi connectivity index (χ1n) is 21.6. The first kappa shape index (κ1) is 41.9. The Balaban J connectivity index is 0.853. The Hall–Kier alpha value is -4.79. The summed E-state index contributed by atoms with van der Waals surface area (Å²) in [5.74, 6) is -0.608. The number of fused-ring (bicyclic) bond motifs is 1. The topological polar surface area (TPSA) is 146 Å². The molecule has 0 bridgehead atoms. The van der Waals surface area contributed by atoms with Crippen LogP contribution in [0.4, 0.5) is 5.69 Å². The van der Waals surface area contributed by atoms with Crippen molar-refractivity contribution in [2.45, 2.75) is 88.3 Å². The monoisotopic (exact) mass is 839 g/mol. The molecule has 60 heavy (non-hydrogen) atoms. The van der Waals surface area contributed by atoms with E-state index in [9.17, 15) is 27.6 Å². The van der Waals surface area contributed by atoms with E-state index in [0.29, 0.717) is 71.3 Å². The summed E-state index contributed by atoms with van der Waals surface area (Å²) >= 11 is 0. The van der Waals surface area contributed by atoms with E-state index < -0.39 is 33.4 Å². The van der Waals surface area contributed by atoms with Gasteiger partial charge in [-0.2, -0.15) is 0 Å². The van der Waals surface area contributed by atoms with Crippen molar-refractivity contribution in [3.8, 4) is 11.5 Å². The molecular formula is C46H57N5O8S. The number of rotatable bonds is 12. The number of piperidine rings is 2. The molecule has 3 aromatic rings. The van der Waals surface area contributed by atoms with Gasteiger partial charge >= 0.3 is 0 Å². The summed E-state index contributed by atoms with van der Waals surface area (Å²) in [6.07, 6.45) is 9.03. The fraction of sp³-hybridized carbons (Fsp3) is 0.522. The number of ether oxygens (including phenoxy) is 2. The molecule has 320 valence electrons. The van der Waals surface area contributed by atoms with Crippen LogP contribution >= 0.6 is 0 Å². The lowest BCUT2D eigenvalue weighted by Gasteiger charge is -2.46. The van der Waals surface area contributed by atoms with Gasteiger partial charge in [0.15, 0.2) is 11.5 Å². The number of likely N-dealkylation sites (tertiary alicyclic amines) is 1. The molecule has 3 saturated heterocycles. The van der Waals surface area contributed by atoms with E-state index >= 15 is 0 Å². The molecule has 3 aromatic carbocycles. The minimum atomic E-state index is -3.61. The van der Waals surface area contributed by atoms with E-state index in [4.69, 9.17) is 9.47 Å². The van der Waals surface area contributed by atoms with Crippen molar-refractivity contribution in [1.29, 1.82) is 0 Å². The predicted octanol–water partition coefficient (Wildman–Crippen LogP) is 5.31. The fourth-order valence-corrected chi connectivity index (χ4v) is 11.3. The Morgan fingerprint density at radius 1 is 0.750 bits per heavy atom. The number of nitrogens with zero attached hydrogens (tertiary/aromatic N) is 4. The molecule has 8 rings (SSSR count). The maximum absolute atomic E-state index is 14.3. The van der Waals surface area contributed by atoms with E-state index in [-0.39, 0.29) is 17.7 Å². The molecule has 1 aliphatic carbocycles. The quantitative estimate of drug-likeness (QED) is 0.237. The number of carbonyl (C=O) groups excluding carboxylic acids is 4. The number of anilines is 1. The van der Waals surface area contributed by atoms with Gasteiger partial charge in [-0.3, -0.25) is 34.3 Å². The minimum Gasteiger partial charge on any atom is -0.493 e. The lowest BCUT2D eigenvalue weighted by atomic mass is 9.80. The van der Waals surface area contributed by atoms with Crippen LogP contribution < -0.4 is 19.7 Å². The summed E-state index contributed by atoms with van der Waals surface area (Å²) in [7, 11) is -2.10. The highest BCUT2D eigenvalue weighted by Gasteiger charge is 2.44. The van der Waals surface area contributed by atoms with Gasteiger partial charge in [0.2, 0.25) is 11.8 Å². The summed E-state index contributed by atoms with van der Waals surface area (Å²) < 4.78 is 36.7. The van der Waals surface area contributed by atoms with Gasteiger partial charge in [0.25, 0.3) is 11.8 Å². The second-order valence-electron chi connectivity index (χ2n) is 17.1. The molecule has 5 aliphatic rings. The SMILES string of the molecule is CCOc1cc([C@@H](CS(C)(=O)=O)N2C(=O)c3cccc(N4CCN(C5CCN(C6CCC(c7ccc(C8CCC(=O)NC8=O)cc7)CC6)CC5)CC4)c3C2=O)ccc1OC. The number of benzene rings is 3. The third-order valence-corrected chi connectivity index (χ3v) is 14.4. The van der Waals surface area contributed by atoms with Gasteiger partial charge in [-0.05, 0) is 112 Å². The molecule has 1 unspecified atom stereocenters. The van der Waals surface area contributed by atoms with Crippen LogP contribution in [0.1, 0.15) is 114 Å².